The third-order valence-corrected chi connectivity index (χ3v) is 8.19. The fourth-order valence-electron chi connectivity index (χ4n) is 6.49. The van der Waals surface area contributed by atoms with E-state index in [-0.39, 0.29) is 29.4 Å². The molecule has 174 valence electrons. The highest BCUT2D eigenvalue weighted by atomic mass is 16.5. The second-order valence-corrected chi connectivity index (χ2v) is 9.77. The molecule has 0 heterocycles. The lowest BCUT2D eigenvalue weighted by Gasteiger charge is -2.50. The van der Waals surface area contributed by atoms with Crippen LogP contribution in [0.4, 0.5) is 0 Å². The highest BCUT2D eigenvalue weighted by molar-refractivity contribution is 6.09. The summed E-state index contributed by atoms with van der Waals surface area (Å²) >= 11 is 0. The first kappa shape index (κ1) is 22.8. The van der Waals surface area contributed by atoms with Gasteiger partial charge < -0.3 is 19.7 Å². The standard InChI is InChI=1S/C26H35NO5/c1-5-32-25(30)21(15(2)28)14-27-23-13-22-20-8-6-16-12-17(31-4)7-9-18(16)19(20)10-11-26(22,3)24(23)29/h7,9,12,14,19-20,22-24,28-29H,5-6,8,10-11,13H2,1-4H3/b21-15-,27-14?/t19-,20-,22+,23-,24-,26+/m1/s1. The predicted octanol–water partition coefficient (Wildman–Crippen LogP) is 4.36. The molecule has 1 aromatic carbocycles. The summed E-state index contributed by atoms with van der Waals surface area (Å²) in [6, 6.07) is 6.18. The molecule has 4 rings (SSSR count). The van der Waals surface area contributed by atoms with E-state index in [1.807, 2.05) is 0 Å². The van der Waals surface area contributed by atoms with Crippen molar-refractivity contribution in [2.75, 3.05) is 13.7 Å². The minimum Gasteiger partial charge on any atom is -0.512 e. The normalized spacial score (nSPS) is 34.3. The molecule has 0 radical (unpaired) electrons. The van der Waals surface area contributed by atoms with Crippen LogP contribution in [0.15, 0.2) is 34.5 Å². The van der Waals surface area contributed by atoms with E-state index >= 15 is 0 Å². The number of carbonyl (C=O) groups excluding carboxylic acids is 1. The highest BCUT2D eigenvalue weighted by Crippen LogP contribution is 2.61. The van der Waals surface area contributed by atoms with E-state index < -0.39 is 12.1 Å². The van der Waals surface area contributed by atoms with Crippen molar-refractivity contribution in [1.29, 1.82) is 0 Å². The second-order valence-electron chi connectivity index (χ2n) is 9.77. The molecule has 2 fully saturated rings. The number of benzene rings is 1. The van der Waals surface area contributed by atoms with Crippen molar-refractivity contribution in [2.24, 2.45) is 22.2 Å². The van der Waals surface area contributed by atoms with Crippen LogP contribution in [-0.4, -0.2) is 48.3 Å². The van der Waals surface area contributed by atoms with Gasteiger partial charge in [-0.25, -0.2) is 4.79 Å². The Morgan fingerprint density at radius 1 is 1.34 bits per heavy atom. The Kier molecular flexibility index (Phi) is 6.35. The number of hydrogen-bond acceptors (Lipinski definition) is 6. The average molecular weight is 442 g/mol. The van der Waals surface area contributed by atoms with E-state index in [0.717, 1.165) is 37.9 Å². The number of nitrogens with zero attached hydrogens (tertiary/aromatic N) is 1. The molecule has 32 heavy (non-hydrogen) atoms. The Bertz CT molecular complexity index is 934. The van der Waals surface area contributed by atoms with Gasteiger partial charge in [0.2, 0.25) is 0 Å². The van der Waals surface area contributed by atoms with E-state index in [1.54, 1.807) is 14.0 Å². The topological polar surface area (TPSA) is 88.4 Å². The van der Waals surface area contributed by atoms with Gasteiger partial charge in [0.1, 0.15) is 17.1 Å². The zero-order valence-electron chi connectivity index (χ0n) is 19.5. The fourth-order valence-corrected chi connectivity index (χ4v) is 6.49. The molecular weight excluding hydrogens is 406 g/mol. The first-order chi connectivity index (χ1) is 15.3. The Balaban J connectivity index is 1.57. The van der Waals surface area contributed by atoms with Crippen molar-refractivity contribution in [3.8, 4) is 5.75 Å². The molecule has 0 aromatic heterocycles. The van der Waals surface area contributed by atoms with Crippen LogP contribution in [0.3, 0.4) is 0 Å². The van der Waals surface area contributed by atoms with E-state index in [2.05, 4.69) is 30.1 Å². The van der Waals surface area contributed by atoms with Gasteiger partial charge in [-0.1, -0.05) is 13.0 Å². The smallest absolute Gasteiger partial charge is 0.343 e. The van der Waals surface area contributed by atoms with Gasteiger partial charge in [-0.15, -0.1) is 0 Å². The number of aliphatic hydroxyl groups is 2. The van der Waals surface area contributed by atoms with Gasteiger partial charge in [0.05, 0.1) is 25.9 Å². The predicted molar refractivity (Wildman–Crippen MR) is 123 cm³/mol. The van der Waals surface area contributed by atoms with Crippen LogP contribution in [-0.2, 0) is 16.0 Å². The first-order valence-electron chi connectivity index (χ1n) is 11.7. The number of methoxy groups -OCH3 is 1. The summed E-state index contributed by atoms with van der Waals surface area (Å²) in [4.78, 5) is 16.7. The van der Waals surface area contributed by atoms with Crippen LogP contribution in [0.5, 0.6) is 5.75 Å². The third kappa shape index (κ3) is 3.83. The van der Waals surface area contributed by atoms with Crippen LogP contribution in [0.25, 0.3) is 0 Å². The average Bonchev–Trinajstić information content (AvgIpc) is 3.03. The van der Waals surface area contributed by atoms with Crippen LogP contribution in [0.2, 0.25) is 0 Å². The lowest BCUT2D eigenvalue weighted by atomic mass is 9.55. The lowest BCUT2D eigenvalue weighted by Crippen LogP contribution is -2.44. The largest absolute Gasteiger partial charge is 0.512 e. The Hall–Kier alpha value is -2.34. The third-order valence-electron chi connectivity index (χ3n) is 8.19. The van der Waals surface area contributed by atoms with Gasteiger partial charge >= 0.3 is 5.97 Å². The number of ether oxygens (including phenoxy) is 2. The molecular formula is C26H35NO5. The number of aliphatic hydroxyl groups excluding tert-OH is 2. The summed E-state index contributed by atoms with van der Waals surface area (Å²) in [5.74, 6) is 1.60. The molecule has 6 nitrogen and oxygen atoms in total. The van der Waals surface area contributed by atoms with Crippen molar-refractivity contribution in [3.63, 3.8) is 0 Å². The van der Waals surface area contributed by atoms with Gasteiger partial charge in [-0.3, -0.25) is 4.99 Å². The van der Waals surface area contributed by atoms with Crippen LogP contribution in [0.1, 0.15) is 63.5 Å². The summed E-state index contributed by atoms with van der Waals surface area (Å²) < 4.78 is 10.4. The molecule has 3 aliphatic rings. The van der Waals surface area contributed by atoms with Gasteiger partial charge in [-0.05, 0) is 92.4 Å². The van der Waals surface area contributed by atoms with Crippen molar-refractivity contribution in [2.45, 2.75) is 70.9 Å². The number of fused-ring (bicyclic) bond motifs is 5. The summed E-state index contributed by atoms with van der Waals surface area (Å²) in [6.07, 6.45) is 5.78. The van der Waals surface area contributed by atoms with Crippen molar-refractivity contribution < 1.29 is 24.5 Å². The maximum atomic E-state index is 12.1. The van der Waals surface area contributed by atoms with Gasteiger partial charge in [-0.2, -0.15) is 0 Å². The zero-order valence-corrected chi connectivity index (χ0v) is 19.5. The number of aryl methyl sites for hydroxylation is 1. The number of aliphatic imine (C=N–C) groups is 1. The molecule has 0 aliphatic heterocycles. The number of carbonyl (C=O) groups is 1. The second kappa shape index (κ2) is 8.89. The number of allylic oxidation sites excluding steroid dienone is 1. The van der Waals surface area contributed by atoms with Crippen molar-refractivity contribution in [3.05, 3.63) is 40.7 Å². The van der Waals surface area contributed by atoms with Crippen LogP contribution in [0, 0.1) is 17.3 Å². The number of hydrogen-bond donors (Lipinski definition) is 2. The molecule has 0 spiro atoms. The van der Waals surface area contributed by atoms with E-state index in [4.69, 9.17) is 9.47 Å². The Labute approximate surface area is 190 Å². The fraction of sp³-hybridized carbons (Fsp3) is 0.615. The lowest BCUT2D eigenvalue weighted by molar-refractivity contribution is -0.138. The van der Waals surface area contributed by atoms with Gasteiger partial charge in [0, 0.05) is 6.21 Å². The molecule has 3 aliphatic carbocycles. The molecule has 0 unspecified atom stereocenters. The SMILES string of the molecule is CCOC(=O)/C(C=N[C@@H]1C[C@H]2[C@@H]3CCc4cc(OC)ccc4[C@H]3CC[C@]2(C)[C@@H]1O)=C(/C)O. The summed E-state index contributed by atoms with van der Waals surface area (Å²) in [5.41, 5.74) is 2.70. The van der Waals surface area contributed by atoms with E-state index in [9.17, 15) is 15.0 Å². The van der Waals surface area contributed by atoms with Crippen LogP contribution >= 0.6 is 0 Å². The Morgan fingerprint density at radius 2 is 2.12 bits per heavy atom. The zero-order chi connectivity index (χ0) is 23.0. The number of rotatable bonds is 5. The molecule has 6 atom stereocenters. The summed E-state index contributed by atoms with van der Waals surface area (Å²) in [7, 11) is 1.71. The van der Waals surface area contributed by atoms with Gasteiger partial charge in [0.25, 0.3) is 0 Å². The summed E-state index contributed by atoms with van der Waals surface area (Å²) in [5, 5.41) is 21.2. The maximum absolute atomic E-state index is 12.1. The quantitative estimate of drug-likeness (QED) is 0.307. The van der Waals surface area contributed by atoms with Crippen LogP contribution < -0.4 is 4.74 Å². The minimum absolute atomic E-state index is 0.0532. The minimum atomic E-state index is -0.591. The molecule has 0 saturated heterocycles. The molecule has 1 aromatic rings. The van der Waals surface area contributed by atoms with E-state index in [1.165, 1.54) is 24.3 Å². The highest BCUT2D eigenvalue weighted by Gasteiger charge is 2.58. The molecule has 2 saturated carbocycles. The maximum Gasteiger partial charge on any atom is 0.343 e. The van der Waals surface area contributed by atoms with E-state index in [0.29, 0.717) is 17.8 Å². The number of esters is 1. The van der Waals surface area contributed by atoms with Crippen molar-refractivity contribution >= 4 is 12.2 Å². The van der Waals surface area contributed by atoms with Gasteiger partial charge in [0.15, 0.2) is 0 Å². The first-order valence-corrected chi connectivity index (χ1v) is 11.7. The molecule has 6 heteroatoms. The molecule has 2 N–H and O–H groups in total. The summed E-state index contributed by atoms with van der Waals surface area (Å²) in [6.45, 7) is 5.60. The Morgan fingerprint density at radius 3 is 2.81 bits per heavy atom. The molecule has 0 amide bonds. The molecule has 0 bridgehead atoms. The monoisotopic (exact) mass is 441 g/mol. The van der Waals surface area contributed by atoms with Crippen molar-refractivity contribution in [1.82, 2.24) is 0 Å².